The van der Waals surface area contributed by atoms with E-state index in [1.807, 2.05) is 6.07 Å². The number of hydrogen-bond acceptors (Lipinski definition) is 5. The molecule has 2 aliphatic rings. The summed E-state index contributed by atoms with van der Waals surface area (Å²) in [7, 11) is -2.45. The first kappa shape index (κ1) is 28.4. The van der Waals surface area contributed by atoms with Crippen LogP contribution in [-0.2, 0) is 4.43 Å². The van der Waals surface area contributed by atoms with E-state index in [4.69, 9.17) is 13.6 Å². The number of nitrogens with zero attached hydrogens (tertiary/aromatic N) is 1. The third-order valence-corrected chi connectivity index (χ3v) is 14.7. The summed E-state index contributed by atoms with van der Waals surface area (Å²) in [4.78, 5) is 2.42. The maximum absolute atomic E-state index is 15.3. The first-order valence-corrected chi connectivity index (χ1v) is 16.2. The fourth-order valence-corrected chi connectivity index (χ4v) is 12.7. The Morgan fingerprint density at radius 3 is 2.35 bits per heavy atom. The molecule has 1 aromatic carbocycles. The van der Waals surface area contributed by atoms with E-state index in [1.54, 1.807) is 18.4 Å². The number of ether oxygens (including phenoxy) is 1. The van der Waals surface area contributed by atoms with Gasteiger partial charge in [0.1, 0.15) is 12.4 Å². The third kappa shape index (κ3) is 5.57. The molecule has 1 aromatic heterocycles. The summed E-state index contributed by atoms with van der Waals surface area (Å²) < 4.78 is 48.0. The molecule has 1 saturated carbocycles. The topological polar surface area (TPSA) is 46.9 Å². The predicted octanol–water partition coefficient (Wildman–Crippen LogP) is 8.10. The van der Waals surface area contributed by atoms with Crippen LogP contribution in [0.5, 0.6) is 5.75 Å². The highest BCUT2D eigenvalue weighted by Crippen LogP contribution is 2.44. The largest absolute Gasteiger partial charge is 0.462 e. The van der Waals surface area contributed by atoms with E-state index < -0.39 is 21.0 Å². The van der Waals surface area contributed by atoms with Gasteiger partial charge in [-0.2, -0.15) is 8.78 Å². The molecule has 0 spiro atoms. The molecule has 1 aliphatic heterocycles. The second-order valence-corrected chi connectivity index (χ2v) is 18.2. The lowest BCUT2D eigenvalue weighted by Gasteiger charge is -2.52. The zero-order valence-corrected chi connectivity index (χ0v) is 24.9. The first-order valence-electron chi connectivity index (χ1n) is 14.0. The Bertz CT molecular complexity index is 1050. The molecule has 37 heavy (non-hydrogen) atoms. The van der Waals surface area contributed by atoms with Gasteiger partial charge in [-0.15, -0.1) is 0 Å². The zero-order valence-electron chi connectivity index (χ0n) is 23.9. The van der Waals surface area contributed by atoms with Crippen LogP contribution >= 0.6 is 0 Å². The van der Waals surface area contributed by atoms with E-state index in [9.17, 15) is 0 Å². The fraction of sp³-hybridized carbons (Fsp3) is 0.724. The monoisotopic (exact) mass is 536 g/mol. The summed E-state index contributed by atoms with van der Waals surface area (Å²) in [5.41, 5.74) is 2.15. The van der Waals surface area contributed by atoms with Crippen LogP contribution in [-0.4, -0.2) is 45.2 Å². The van der Waals surface area contributed by atoms with Gasteiger partial charge in [0.2, 0.25) is 8.32 Å². The highest BCUT2D eigenvalue weighted by Gasteiger charge is 2.48. The van der Waals surface area contributed by atoms with Gasteiger partial charge in [0.25, 0.3) is 0 Å². The number of nitrogens with one attached hydrogen (secondary N) is 1. The lowest BCUT2D eigenvalue weighted by Crippen LogP contribution is -2.67. The number of rotatable bonds is 9. The van der Waals surface area contributed by atoms with Gasteiger partial charge >= 0.3 is 6.11 Å². The first-order chi connectivity index (χ1) is 17.3. The van der Waals surface area contributed by atoms with Crippen LogP contribution in [0.25, 0.3) is 11.0 Å². The van der Waals surface area contributed by atoms with Crippen molar-refractivity contribution in [2.75, 3.05) is 18.1 Å². The van der Waals surface area contributed by atoms with Crippen LogP contribution in [0, 0.1) is 0 Å². The number of benzene rings is 1. The van der Waals surface area contributed by atoms with Crippen molar-refractivity contribution in [3.63, 3.8) is 0 Å². The molecule has 208 valence electrons. The Labute approximate surface area is 222 Å². The molecule has 2 heterocycles. The second-order valence-electron chi connectivity index (χ2n) is 12.7. The zero-order chi connectivity index (χ0) is 27.2. The molecule has 0 radical (unpaired) electrons. The molecule has 1 aliphatic carbocycles. The maximum Gasteiger partial charge on any atom is 0.420 e. The molecule has 5 nitrogen and oxygen atoms in total. The molecule has 2 fully saturated rings. The molecule has 1 saturated heterocycles. The van der Waals surface area contributed by atoms with Gasteiger partial charge in [0, 0.05) is 24.2 Å². The van der Waals surface area contributed by atoms with Gasteiger partial charge in [-0.1, -0.05) is 54.4 Å². The SMILES string of the molecule is CC(C)[Si](OCC(F)(F)Oc1ccc(N2CC(C)(C)N[C@@H]3CCCC[C@@H]32)c2occc12)(C(C)C)C(C)C. The van der Waals surface area contributed by atoms with Gasteiger partial charge in [-0.05, 0) is 61.5 Å². The van der Waals surface area contributed by atoms with Crippen molar-refractivity contribution in [2.24, 2.45) is 0 Å². The minimum Gasteiger partial charge on any atom is -0.462 e. The van der Waals surface area contributed by atoms with Crippen LogP contribution in [0.2, 0.25) is 16.6 Å². The number of hydrogen-bond donors (Lipinski definition) is 1. The number of alkyl halides is 2. The molecule has 2 atom stereocenters. The highest BCUT2D eigenvalue weighted by atomic mass is 28.4. The molecule has 0 bridgehead atoms. The average molecular weight is 537 g/mol. The lowest BCUT2D eigenvalue weighted by atomic mass is 9.83. The summed E-state index contributed by atoms with van der Waals surface area (Å²) in [5, 5.41) is 4.39. The van der Waals surface area contributed by atoms with Gasteiger partial charge < -0.3 is 23.8 Å². The van der Waals surface area contributed by atoms with E-state index in [0.29, 0.717) is 23.1 Å². The van der Waals surface area contributed by atoms with Gasteiger partial charge in [-0.3, -0.25) is 0 Å². The molecule has 8 heteroatoms. The number of halogens is 2. The van der Waals surface area contributed by atoms with Crippen LogP contribution in [0.4, 0.5) is 14.5 Å². The molecule has 4 rings (SSSR count). The quantitative estimate of drug-likeness (QED) is 0.328. The Morgan fingerprint density at radius 2 is 1.70 bits per heavy atom. The van der Waals surface area contributed by atoms with Crippen LogP contribution in [0.3, 0.4) is 0 Å². The van der Waals surface area contributed by atoms with Crippen molar-refractivity contribution >= 4 is 25.0 Å². The maximum atomic E-state index is 15.3. The van der Waals surface area contributed by atoms with E-state index in [1.165, 1.54) is 12.8 Å². The molecular weight excluding hydrogens is 490 g/mol. The average Bonchev–Trinajstić information content (AvgIpc) is 3.28. The smallest absolute Gasteiger partial charge is 0.420 e. The van der Waals surface area contributed by atoms with Crippen LogP contribution in [0.15, 0.2) is 28.9 Å². The number of anilines is 1. The minimum absolute atomic E-state index is 0.0589. The van der Waals surface area contributed by atoms with Crippen molar-refractivity contribution in [3.8, 4) is 5.75 Å². The standard InChI is InChI=1S/C29H46F2N2O3Si/c1-19(2)37(20(3)4,21(5)6)35-18-29(30,31)36-26-14-13-25(27-22(26)15-16-34-27)33-17-28(7,8)32-23-11-9-10-12-24(23)33/h13-16,19-21,23-24,32H,9-12,17-18H2,1-8H3/t23-,24+/m1/s1. The highest BCUT2D eigenvalue weighted by molar-refractivity contribution is 6.77. The summed E-state index contributed by atoms with van der Waals surface area (Å²) in [6, 6.07) is 6.06. The predicted molar refractivity (Wildman–Crippen MR) is 149 cm³/mol. The van der Waals surface area contributed by atoms with Gasteiger partial charge in [-0.25, -0.2) is 0 Å². The molecule has 2 aromatic rings. The van der Waals surface area contributed by atoms with E-state index in [-0.39, 0.29) is 27.9 Å². The number of fused-ring (bicyclic) bond motifs is 2. The minimum atomic E-state index is -3.45. The summed E-state index contributed by atoms with van der Waals surface area (Å²) in [5.74, 6) is 0.126. The second kappa shape index (κ2) is 10.5. The van der Waals surface area contributed by atoms with Crippen molar-refractivity contribution in [2.45, 2.75) is 121 Å². The molecule has 1 N–H and O–H groups in total. The van der Waals surface area contributed by atoms with Gasteiger partial charge in [0.05, 0.1) is 17.3 Å². The van der Waals surface area contributed by atoms with Crippen molar-refractivity contribution in [1.29, 1.82) is 0 Å². The Kier molecular flexibility index (Phi) is 8.05. The van der Waals surface area contributed by atoms with E-state index in [0.717, 1.165) is 25.1 Å². The Hall–Kier alpha value is -1.64. The molecule has 0 unspecified atom stereocenters. The summed E-state index contributed by atoms with van der Waals surface area (Å²) >= 11 is 0. The van der Waals surface area contributed by atoms with Crippen molar-refractivity contribution in [1.82, 2.24) is 5.32 Å². The summed E-state index contributed by atoms with van der Waals surface area (Å²) in [6.45, 7) is 17.1. The summed E-state index contributed by atoms with van der Waals surface area (Å²) in [6.07, 6.45) is 2.79. The van der Waals surface area contributed by atoms with Crippen LogP contribution in [0.1, 0.15) is 81.1 Å². The molecular formula is C29H46F2N2O3Si. The third-order valence-electron chi connectivity index (χ3n) is 8.59. The van der Waals surface area contributed by atoms with Gasteiger partial charge in [0.15, 0.2) is 5.58 Å². The number of piperazine rings is 1. The fourth-order valence-electron chi connectivity index (χ4n) is 7.24. The van der Waals surface area contributed by atoms with Crippen molar-refractivity contribution < 1.29 is 22.4 Å². The number of furan rings is 1. The normalized spacial score (nSPS) is 22.8. The van der Waals surface area contributed by atoms with E-state index in [2.05, 4.69) is 65.6 Å². The van der Waals surface area contributed by atoms with Crippen LogP contribution < -0.4 is 15.0 Å². The van der Waals surface area contributed by atoms with Crippen molar-refractivity contribution in [3.05, 3.63) is 24.5 Å². The Balaban J connectivity index is 1.59. The van der Waals surface area contributed by atoms with E-state index >= 15 is 8.78 Å². The Morgan fingerprint density at radius 1 is 1.05 bits per heavy atom. The lowest BCUT2D eigenvalue weighted by molar-refractivity contribution is -0.197. The molecule has 0 amide bonds.